The number of rotatable bonds is 6. The number of ether oxygens (including phenoxy) is 2. The predicted molar refractivity (Wildman–Crippen MR) is 97.9 cm³/mol. The van der Waals surface area contributed by atoms with Crippen molar-refractivity contribution >= 4 is 5.91 Å². The van der Waals surface area contributed by atoms with E-state index in [2.05, 4.69) is 17.3 Å². The Labute approximate surface area is 152 Å². The number of aryl methyl sites for hydroxylation is 1. The maximum absolute atomic E-state index is 12.5. The van der Waals surface area contributed by atoms with Crippen molar-refractivity contribution in [2.75, 3.05) is 20.3 Å². The molecule has 0 saturated carbocycles. The van der Waals surface area contributed by atoms with Gasteiger partial charge in [0.05, 0.1) is 24.4 Å². The molecular formula is C19H25N3O4. The molecule has 0 aliphatic carbocycles. The van der Waals surface area contributed by atoms with Crippen molar-refractivity contribution in [3.63, 3.8) is 0 Å². The summed E-state index contributed by atoms with van der Waals surface area (Å²) in [4.78, 5) is 24.6. The van der Waals surface area contributed by atoms with Crippen LogP contribution >= 0.6 is 0 Å². The fourth-order valence-corrected chi connectivity index (χ4v) is 3.18. The lowest BCUT2D eigenvalue weighted by Crippen LogP contribution is -2.50. The summed E-state index contributed by atoms with van der Waals surface area (Å²) in [6.45, 7) is 3.15. The van der Waals surface area contributed by atoms with Gasteiger partial charge in [0.25, 0.3) is 11.5 Å². The molecule has 0 spiro atoms. The van der Waals surface area contributed by atoms with Crippen molar-refractivity contribution in [2.24, 2.45) is 0 Å². The minimum Gasteiger partial charge on any atom is -0.379 e. The largest absolute Gasteiger partial charge is 0.379 e. The molecule has 1 aliphatic rings. The van der Waals surface area contributed by atoms with Crippen LogP contribution in [0.5, 0.6) is 0 Å². The summed E-state index contributed by atoms with van der Waals surface area (Å²) in [5, 5.41) is 6.06. The van der Waals surface area contributed by atoms with Crippen molar-refractivity contribution in [3.8, 4) is 5.69 Å². The summed E-state index contributed by atoms with van der Waals surface area (Å²) >= 11 is 0. The number of nitrogens with one attached hydrogen (secondary N) is 2. The van der Waals surface area contributed by atoms with E-state index in [4.69, 9.17) is 9.47 Å². The summed E-state index contributed by atoms with van der Waals surface area (Å²) < 4.78 is 12.3. The molecule has 2 aromatic rings. The molecule has 1 amide bonds. The first-order chi connectivity index (χ1) is 12.6. The average Bonchev–Trinajstić information content (AvgIpc) is 3.03. The molecule has 7 heteroatoms. The molecule has 0 bridgehead atoms. The first-order valence-corrected chi connectivity index (χ1v) is 8.95. The lowest BCUT2D eigenvalue weighted by Gasteiger charge is -2.31. The monoisotopic (exact) mass is 359 g/mol. The van der Waals surface area contributed by atoms with Crippen LogP contribution in [0, 0.1) is 0 Å². The summed E-state index contributed by atoms with van der Waals surface area (Å²) in [6.07, 6.45) is 2.51. The van der Waals surface area contributed by atoms with Gasteiger partial charge in [0.2, 0.25) is 0 Å². The normalized spacial score (nSPS) is 20.1. The molecule has 2 N–H and O–H groups in total. The van der Waals surface area contributed by atoms with Crippen molar-refractivity contribution < 1.29 is 14.3 Å². The second-order valence-corrected chi connectivity index (χ2v) is 6.47. The maximum Gasteiger partial charge on any atom is 0.271 e. The number of aromatic nitrogens is 2. The van der Waals surface area contributed by atoms with E-state index in [1.54, 1.807) is 37.4 Å². The molecular weight excluding hydrogens is 334 g/mol. The van der Waals surface area contributed by atoms with Crippen molar-refractivity contribution in [1.29, 1.82) is 0 Å². The lowest BCUT2D eigenvalue weighted by atomic mass is 10.1. The van der Waals surface area contributed by atoms with E-state index < -0.39 is 0 Å². The van der Waals surface area contributed by atoms with Gasteiger partial charge in [-0.3, -0.25) is 14.7 Å². The second kappa shape index (κ2) is 8.33. The molecule has 0 unspecified atom stereocenters. The molecule has 0 radical (unpaired) electrons. The Morgan fingerprint density at radius 1 is 1.38 bits per heavy atom. The number of methoxy groups -OCH3 is 1. The van der Waals surface area contributed by atoms with E-state index >= 15 is 0 Å². The number of carbonyl (C=O) groups is 1. The van der Waals surface area contributed by atoms with Crippen molar-refractivity contribution in [1.82, 2.24) is 15.1 Å². The van der Waals surface area contributed by atoms with Crippen LogP contribution in [0.1, 0.15) is 35.8 Å². The van der Waals surface area contributed by atoms with Gasteiger partial charge in [-0.2, -0.15) is 0 Å². The third-order valence-corrected chi connectivity index (χ3v) is 4.59. The topological polar surface area (TPSA) is 85.3 Å². The van der Waals surface area contributed by atoms with E-state index in [1.807, 2.05) is 0 Å². The summed E-state index contributed by atoms with van der Waals surface area (Å²) in [5.74, 6) is -0.181. The van der Waals surface area contributed by atoms with Crippen LogP contribution in [0.3, 0.4) is 0 Å². The van der Waals surface area contributed by atoms with Gasteiger partial charge in [0.15, 0.2) is 0 Å². The number of hydrogen-bond acceptors (Lipinski definition) is 4. The number of nitrogens with zero attached hydrogens (tertiary/aromatic N) is 1. The highest BCUT2D eigenvalue weighted by molar-refractivity contribution is 5.94. The quantitative estimate of drug-likeness (QED) is 0.821. The Hall–Kier alpha value is -2.38. The highest BCUT2D eigenvalue weighted by Gasteiger charge is 2.27. The van der Waals surface area contributed by atoms with Gasteiger partial charge < -0.3 is 14.8 Å². The van der Waals surface area contributed by atoms with E-state index in [-0.39, 0.29) is 23.6 Å². The number of aromatic amines is 1. The number of hydrogen-bond donors (Lipinski definition) is 2. The molecule has 1 fully saturated rings. The molecule has 1 aromatic carbocycles. The van der Waals surface area contributed by atoms with Crippen LogP contribution in [0.25, 0.3) is 5.69 Å². The standard InChI is InChI=1S/C19H25N3O4/c1-3-4-14-11-18(23)22(21-14)15-7-5-13(6-8-15)19(24)20-16-12-26-10-9-17(16)25-2/h5-8,11,16-17,21H,3-4,9-10,12H2,1-2H3,(H,20,24)/t16-,17-/m1/s1. The number of amides is 1. The molecule has 7 nitrogen and oxygen atoms in total. The third-order valence-electron chi connectivity index (χ3n) is 4.59. The Kier molecular flexibility index (Phi) is 5.90. The third kappa shape index (κ3) is 4.05. The molecule has 1 aliphatic heterocycles. The minimum absolute atomic E-state index is 0.0403. The SMILES string of the molecule is CCCc1cc(=O)n(-c2ccc(C(=O)N[C@@H]3COCC[C@H]3OC)cc2)[nH]1. The van der Waals surface area contributed by atoms with Gasteiger partial charge in [0.1, 0.15) is 0 Å². The van der Waals surface area contributed by atoms with Gasteiger partial charge in [-0.1, -0.05) is 13.3 Å². The summed E-state index contributed by atoms with van der Waals surface area (Å²) in [7, 11) is 1.64. The van der Waals surface area contributed by atoms with Crippen LogP contribution in [0.2, 0.25) is 0 Å². The van der Waals surface area contributed by atoms with Crippen LogP contribution in [0.4, 0.5) is 0 Å². The first-order valence-electron chi connectivity index (χ1n) is 8.95. The van der Waals surface area contributed by atoms with Crippen molar-refractivity contribution in [2.45, 2.75) is 38.3 Å². The second-order valence-electron chi connectivity index (χ2n) is 6.47. The Morgan fingerprint density at radius 2 is 2.15 bits per heavy atom. The lowest BCUT2D eigenvalue weighted by molar-refractivity contribution is -0.0349. The number of carbonyl (C=O) groups excluding carboxylic acids is 1. The van der Waals surface area contributed by atoms with Crippen LogP contribution < -0.4 is 10.9 Å². The smallest absolute Gasteiger partial charge is 0.271 e. The van der Waals surface area contributed by atoms with Gasteiger partial charge in [0, 0.05) is 31.0 Å². The van der Waals surface area contributed by atoms with E-state index in [0.29, 0.717) is 24.5 Å². The molecule has 1 aromatic heterocycles. The molecule has 2 atom stereocenters. The predicted octanol–water partition coefficient (Wildman–Crippen LogP) is 1.65. The first kappa shape index (κ1) is 18.4. The summed E-state index contributed by atoms with van der Waals surface area (Å²) in [5.41, 5.74) is 2.03. The molecule has 1 saturated heterocycles. The molecule has 3 rings (SSSR count). The van der Waals surface area contributed by atoms with Gasteiger partial charge in [-0.15, -0.1) is 0 Å². The number of benzene rings is 1. The van der Waals surface area contributed by atoms with E-state index in [9.17, 15) is 9.59 Å². The Morgan fingerprint density at radius 3 is 2.85 bits per heavy atom. The molecule has 140 valence electrons. The van der Waals surface area contributed by atoms with Gasteiger partial charge >= 0.3 is 0 Å². The Balaban J connectivity index is 1.71. The fourth-order valence-electron chi connectivity index (χ4n) is 3.18. The van der Waals surface area contributed by atoms with E-state index in [1.165, 1.54) is 4.68 Å². The van der Waals surface area contributed by atoms with Crippen LogP contribution in [-0.4, -0.2) is 48.2 Å². The minimum atomic E-state index is -0.181. The zero-order chi connectivity index (χ0) is 18.5. The average molecular weight is 359 g/mol. The number of H-pyrrole nitrogens is 1. The molecule has 26 heavy (non-hydrogen) atoms. The fraction of sp³-hybridized carbons (Fsp3) is 0.474. The van der Waals surface area contributed by atoms with Gasteiger partial charge in [-0.25, -0.2) is 4.68 Å². The zero-order valence-corrected chi connectivity index (χ0v) is 15.2. The van der Waals surface area contributed by atoms with E-state index in [0.717, 1.165) is 25.0 Å². The molecule has 2 heterocycles. The highest BCUT2D eigenvalue weighted by Crippen LogP contribution is 2.13. The van der Waals surface area contributed by atoms with Crippen molar-refractivity contribution in [3.05, 3.63) is 51.9 Å². The van der Waals surface area contributed by atoms with Crippen LogP contribution in [-0.2, 0) is 15.9 Å². The summed E-state index contributed by atoms with van der Waals surface area (Å²) in [6, 6.07) is 8.38. The Bertz CT molecular complexity index is 794. The zero-order valence-electron chi connectivity index (χ0n) is 15.2. The van der Waals surface area contributed by atoms with Gasteiger partial charge in [-0.05, 0) is 37.1 Å². The maximum atomic E-state index is 12.5. The van der Waals surface area contributed by atoms with Crippen LogP contribution in [0.15, 0.2) is 35.1 Å². The highest BCUT2D eigenvalue weighted by atomic mass is 16.5.